The molecule has 0 aliphatic rings. The zero-order valence-corrected chi connectivity index (χ0v) is 30.9. The van der Waals surface area contributed by atoms with Gasteiger partial charge >= 0.3 is 0 Å². The monoisotopic (exact) mass is 723 g/mol. The summed E-state index contributed by atoms with van der Waals surface area (Å²) in [4.78, 5) is 4.93. The lowest BCUT2D eigenvalue weighted by molar-refractivity contribution is 0.623. The number of nitrogens with zero attached hydrogens (tertiary/aromatic N) is 1. The van der Waals surface area contributed by atoms with Gasteiger partial charge in [0.2, 0.25) is 5.89 Å². The van der Waals surface area contributed by atoms with Gasteiger partial charge in [0.1, 0.15) is 5.52 Å². The fraction of sp³-hybridized carbons (Fsp3) is 0. The smallest absolute Gasteiger partial charge is 0.227 e. The molecule has 0 saturated heterocycles. The lowest BCUT2D eigenvalue weighted by atomic mass is 9.83. The molecular formula is C55H33NO. The molecule has 0 atom stereocenters. The number of rotatable bonds is 4. The lowest BCUT2D eigenvalue weighted by Gasteiger charge is -2.20. The van der Waals surface area contributed by atoms with E-state index in [4.69, 9.17) is 9.40 Å². The maximum Gasteiger partial charge on any atom is 0.227 e. The highest BCUT2D eigenvalue weighted by Crippen LogP contribution is 2.47. The van der Waals surface area contributed by atoms with Crippen LogP contribution in [0.2, 0.25) is 0 Å². The van der Waals surface area contributed by atoms with E-state index < -0.39 is 0 Å². The molecule has 2 heteroatoms. The summed E-state index contributed by atoms with van der Waals surface area (Å²) in [6, 6.07) is 72.5. The van der Waals surface area contributed by atoms with Crippen LogP contribution >= 0.6 is 0 Å². The first-order chi connectivity index (χ1) is 28.3. The molecule has 264 valence electrons. The van der Waals surface area contributed by atoms with Gasteiger partial charge in [-0.25, -0.2) is 4.98 Å². The Morgan fingerprint density at radius 3 is 1.60 bits per heavy atom. The van der Waals surface area contributed by atoms with E-state index in [0.717, 1.165) is 32.8 Å². The van der Waals surface area contributed by atoms with Gasteiger partial charge < -0.3 is 4.42 Å². The van der Waals surface area contributed by atoms with Gasteiger partial charge in [0.25, 0.3) is 0 Å². The molecule has 0 aliphatic carbocycles. The molecular weight excluding hydrogens is 691 g/mol. The van der Waals surface area contributed by atoms with Gasteiger partial charge in [-0.3, -0.25) is 0 Å². The molecule has 12 aromatic rings. The van der Waals surface area contributed by atoms with Crippen molar-refractivity contribution in [2.24, 2.45) is 0 Å². The number of oxazole rings is 1. The molecule has 0 aliphatic heterocycles. The Morgan fingerprint density at radius 2 is 0.877 bits per heavy atom. The van der Waals surface area contributed by atoms with Crippen LogP contribution < -0.4 is 0 Å². The van der Waals surface area contributed by atoms with E-state index in [1.165, 1.54) is 81.9 Å². The Hall–Kier alpha value is -7.55. The average molecular weight is 724 g/mol. The zero-order valence-electron chi connectivity index (χ0n) is 30.9. The molecule has 11 aromatic carbocycles. The van der Waals surface area contributed by atoms with Crippen LogP contribution in [0.15, 0.2) is 205 Å². The molecule has 0 spiro atoms. The van der Waals surface area contributed by atoms with E-state index in [9.17, 15) is 0 Å². The SMILES string of the molecule is c1ccc(-c2ccc3c(c2)cc(-c2c4ccccc4c(-c4ccc5ccc6ccc7nc(-c8ccccc8)oc7c6c5c4)c4ccccc24)c2ccccc23)cc1. The van der Waals surface area contributed by atoms with E-state index in [-0.39, 0.29) is 0 Å². The first-order valence-electron chi connectivity index (χ1n) is 19.5. The van der Waals surface area contributed by atoms with Crippen LogP contribution in [0.25, 0.3) is 121 Å². The van der Waals surface area contributed by atoms with Gasteiger partial charge in [0, 0.05) is 10.9 Å². The fourth-order valence-electron chi connectivity index (χ4n) is 9.24. The summed E-state index contributed by atoms with van der Waals surface area (Å²) < 4.78 is 6.61. The molecule has 0 fully saturated rings. The summed E-state index contributed by atoms with van der Waals surface area (Å²) in [5, 5.41) is 14.5. The van der Waals surface area contributed by atoms with Gasteiger partial charge in [-0.1, -0.05) is 164 Å². The van der Waals surface area contributed by atoms with Crippen LogP contribution in [-0.2, 0) is 0 Å². The predicted octanol–water partition coefficient (Wildman–Crippen LogP) is 15.4. The largest absolute Gasteiger partial charge is 0.435 e. The molecule has 1 heterocycles. The van der Waals surface area contributed by atoms with Gasteiger partial charge in [-0.15, -0.1) is 0 Å². The number of fused-ring (bicyclic) bond motifs is 10. The molecule has 0 radical (unpaired) electrons. The van der Waals surface area contributed by atoms with Crippen LogP contribution in [-0.4, -0.2) is 4.98 Å². The summed E-state index contributed by atoms with van der Waals surface area (Å²) in [6.45, 7) is 0. The first kappa shape index (κ1) is 31.8. The minimum Gasteiger partial charge on any atom is -0.435 e. The summed E-state index contributed by atoms with van der Waals surface area (Å²) >= 11 is 0. The van der Waals surface area contributed by atoms with E-state index in [0.29, 0.717) is 5.89 Å². The number of aromatic nitrogens is 1. The van der Waals surface area contributed by atoms with Crippen molar-refractivity contribution in [3.05, 3.63) is 200 Å². The standard InChI is InChI=1S/C55H33NO/c1-3-13-34(14-4-1)38-27-29-41-40(31-38)33-49(43-18-8-7-17-42(41)43)53-46-21-11-9-19-44(46)51(45-20-10-12-22-47(45)53)39-26-24-35-23-25-36-28-30-50-54(52(36)48(35)32-39)57-55(56-50)37-15-5-2-6-16-37/h1-33H. The molecule has 1 aromatic heterocycles. The second-order valence-corrected chi connectivity index (χ2v) is 15.0. The second kappa shape index (κ2) is 12.5. The summed E-state index contributed by atoms with van der Waals surface area (Å²) in [7, 11) is 0. The lowest BCUT2D eigenvalue weighted by Crippen LogP contribution is -1.92. The Bertz CT molecular complexity index is 3510. The summed E-state index contributed by atoms with van der Waals surface area (Å²) in [5.74, 6) is 0.635. The third-order valence-corrected chi connectivity index (χ3v) is 11.8. The van der Waals surface area contributed by atoms with Crippen LogP contribution in [0.1, 0.15) is 0 Å². The Balaban J connectivity index is 1.14. The maximum absolute atomic E-state index is 6.61. The molecule has 0 saturated carbocycles. The topological polar surface area (TPSA) is 26.0 Å². The van der Waals surface area contributed by atoms with Gasteiger partial charge in [0.15, 0.2) is 5.58 Å². The predicted molar refractivity (Wildman–Crippen MR) is 241 cm³/mol. The third-order valence-electron chi connectivity index (χ3n) is 11.8. The second-order valence-electron chi connectivity index (χ2n) is 15.0. The van der Waals surface area contributed by atoms with Crippen molar-refractivity contribution < 1.29 is 4.42 Å². The molecule has 0 unspecified atom stereocenters. The maximum atomic E-state index is 6.61. The van der Waals surface area contributed by atoms with Crippen molar-refractivity contribution in [2.75, 3.05) is 0 Å². The van der Waals surface area contributed by atoms with Crippen LogP contribution in [0.3, 0.4) is 0 Å². The quantitative estimate of drug-likeness (QED) is 0.133. The highest BCUT2D eigenvalue weighted by Gasteiger charge is 2.20. The van der Waals surface area contributed by atoms with Gasteiger partial charge in [0.05, 0.1) is 0 Å². The fourth-order valence-corrected chi connectivity index (χ4v) is 9.24. The van der Waals surface area contributed by atoms with E-state index >= 15 is 0 Å². The summed E-state index contributed by atoms with van der Waals surface area (Å²) in [5.41, 5.74) is 9.99. The van der Waals surface area contributed by atoms with Gasteiger partial charge in [-0.2, -0.15) is 0 Å². The highest BCUT2D eigenvalue weighted by molar-refractivity contribution is 6.27. The van der Waals surface area contributed by atoms with Crippen LogP contribution in [0.5, 0.6) is 0 Å². The van der Waals surface area contributed by atoms with Crippen molar-refractivity contribution in [1.82, 2.24) is 4.98 Å². The molecule has 0 amide bonds. The number of benzene rings is 11. The van der Waals surface area contributed by atoms with Crippen molar-refractivity contribution >= 4 is 75.7 Å². The number of hydrogen-bond donors (Lipinski definition) is 0. The third kappa shape index (κ3) is 4.94. The average Bonchev–Trinajstić information content (AvgIpc) is 3.73. The Morgan fingerprint density at radius 1 is 0.316 bits per heavy atom. The Labute approximate surface area is 328 Å². The van der Waals surface area contributed by atoms with Crippen molar-refractivity contribution in [3.8, 4) is 44.8 Å². The minimum atomic E-state index is 0.635. The molecule has 2 nitrogen and oxygen atoms in total. The normalized spacial score (nSPS) is 11.9. The zero-order chi connectivity index (χ0) is 37.5. The highest BCUT2D eigenvalue weighted by atomic mass is 16.3. The van der Waals surface area contributed by atoms with Crippen molar-refractivity contribution in [3.63, 3.8) is 0 Å². The Kier molecular flexibility index (Phi) is 6.96. The van der Waals surface area contributed by atoms with Crippen LogP contribution in [0.4, 0.5) is 0 Å². The van der Waals surface area contributed by atoms with E-state index in [1.807, 2.05) is 30.3 Å². The van der Waals surface area contributed by atoms with E-state index in [2.05, 4.69) is 170 Å². The first-order valence-corrected chi connectivity index (χ1v) is 19.5. The van der Waals surface area contributed by atoms with Crippen LogP contribution in [0, 0.1) is 0 Å². The minimum absolute atomic E-state index is 0.635. The number of hydrogen-bond acceptors (Lipinski definition) is 2. The molecule has 57 heavy (non-hydrogen) atoms. The van der Waals surface area contributed by atoms with Crippen molar-refractivity contribution in [2.45, 2.75) is 0 Å². The molecule has 0 N–H and O–H groups in total. The van der Waals surface area contributed by atoms with Gasteiger partial charge in [-0.05, 0) is 129 Å². The van der Waals surface area contributed by atoms with E-state index in [1.54, 1.807) is 0 Å². The van der Waals surface area contributed by atoms with Crippen molar-refractivity contribution in [1.29, 1.82) is 0 Å². The molecule has 0 bridgehead atoms. The molecule has 12 rings (SSSR count). The summed E-state index contributed by atoms with van der Waals surface area (Å²) in [6.07, 6.45) is 0.